The fraction of sp³-hybridized carbons (Fsp3) is 0.0500. The van der Waals surface area contributed by atoms with E-state index in [9.17, 15) is 9.90 Å². The van der Waals surface area contributed by atoms with Crippen molar-refractivity contribution in [1.82, 2.24) is 15.0 Å². The molecular formula is C20H13Cl2N3O3. The van der Waals surface area contributed by atoms with Gasteiger partial charge in [-0.05, 0) is 42.5 Å². The average Bonchev–Trinajstić information content (AvgIpc) is 3.11. The first kappa shape index (κ1) is 18.3. The van der Waals surface area contributed by atoms with Crippen LogP contribution in [-0.2, 0) is 4.79 Å². The monoisotopic (exact) mass is 413 g/mol. The van der Waals surface area contributed by atoms with Crippen LogP contribution in [0.15, 0.2) is 66.7 Å². The van der Waals surface area contributed by atoms with Gasteiger partial charge in [0.1, 0.15) is 22.5 Å². The number of fused-ring (bicyclic) bond motifs is 1. The van der Waals surface area contributed by atoms with Gasteiger partial charge in [0.05, 0.1) is 0 Å². The first-order valence-electron chi connectivity index (χ1n) is 8.28. The molecule has 4 aromatic rings. The SMILES string of the molecule is O=C(O)C(Oc1ccc(Cl)cc1-n1nc2ccccc2n1)c1ccc(Cl)cc1. The third kappa shape index (κ3) is 3.65. The van der Waals surface area contributed by atoms with E-state index in [4.69, 9.17) is 27.9 Å². The second kappa shape index (κ2) is 7.50. The molecule has 0 amide bonds. The summed E-state index contributed by atoms with van der Waals surface area (Å²) in [7, 11) is 0. The molecule has 8 heteroatoms. The molecule has 1 heterocycles. The van der Waals surface area contributed by atoms with E-state index in [0.717, 1.165) is 0 Å². The fourth-order valence-electron chi connectivity index (χ4n) is 2.74. The van der Waals surface area contributed by atoms with Crippen molar-refractivity contribution in [3.63, 3.8) is 0 Å². The van der Waals surface area contributed by atoms with Crippen LogP contribution >= 0.6 is 23.2 Å². The first-order valence-corrected chi connectivity index (χ1v) is 9.04. The number of nitrogens with zero attached hydrogens (tertiary/aromatic N) is 3. The molecule has 140 valence electrons. The summed E-state index contributed by atoms with van der Waals surface area (Å²) in [4.78, 5) is 13.2. The highest BCUT2D eigenvalue weighted by Gasteiger charge is 2.24. The Morgan fingerprint density at radius 3 is 2.14 bits per heavy atom. The van der Waals surface area contributed by atoms with Crippen molar-refractivity contribution >= 4 is 40.2 Å². The van der Waals surface area contributed by atoms with Crippen LogP contribution in [0, 0.1) is 0 Å². The molecule has 0 bridgehead atoms. The van der Waals surface area contributed by atoms with Crippen molar-refractivity contribution in [2.75, 3.05) is 0 Å². The fourth-order valence-corrected chi connectivity index (χ4v) is 3.03. The minimum atomic E-state index is -1.23. The summed E-state index contributed by atoms with van der Waals surface area (Å²) in [5, 5.41) is 19.5. The van der Waals surface area contributed by atoms with Crippen LogP contribution in [0.3, 0.4) is 0 Å². The Kier molecular flexibility index (Phi) is 4.90. The van der Waals surface area contributed by atoms with Gasteiger partial charge in [-0.2, -0.15) is 0 Å². The number of aromatic nitrogens is 3. The highest BCUT2D eigenvalue weighted by atomic mass is 35.5. The number of benzene rings is 3. The van der Waals surface area contributed by atoms with E-state index >= 15 is 0 Å². The molecule has 0 fully saturated rings. The van der Waals surface area contributed by atoms with Gasteiger partial charge in [0.25, 0.3) is 0 Å². The minimum Gasteiger partial charge on any atom is -0.478 e. The molecule has 0 spiro atoms. The van der Waals surface area contributed by atoms with Gasteiger partial charge < -0.3 is 9.84 Å². The molecule has 4 rings (SSSR count). The van der Waals surface area contributed by atoms with E-state index < -0.39 is 12.1 Å². The summed E-state index contributed by atoms with van der Waals surface area (Å²) in [6.45, 7) is 0. The standard InChI is InChI=1S/C20H13Cl2N3O3/c21-13-7-5-12(6-8-13)19(20(26)27)28-18-10-9-14(22)11-17(18)25-23-15-3-1-2-4-16(15)24-25/h1-11,19H,(H,26,27). The van der Waals surface area contributed by atoms with Crippen molar-refractivity contribution < 1.29 is 14.6 Å². The number of hydrogen-bond acceptors (Lipinski definition) is 4. The molecule has 28 heavy (non-hydrogen) atoms. The maximum absolute atomic E-state index is 11.8. The Hall–Kier alpha value is -3.09. The zero-order valence-electron chi connectivity index (χ0n) is 14.3. The van der Waals surface area contributed by atoms with E-state index in [2.05, 4.69) is 10.2 Å². The molecule has 0 aliphatic heterocycles. The average molecular weight is 414 g/mol. The van der Waals surface area contributed by atoms with Crippen molar-refractivity contribution in [3.05, 3.63) is 82.3 Å². The Balaban J connectivity index is 1.77. The lowest BCUT2D eigenvalue weighted by Crippen LogP contribution is -2.19. The first-order chi connectivity index (χ1) is 13.5. The minimum absolute atomic E-state index is 0.284. The van der Waals surface area contributed by atoms with Crippen molar-refractivity contribution in [2.45, 2.75) is 6.10 Å². The van der Waals surface area contributed by atoms with Crippen molar-refractivity contribution in [2.24, 2.45) is 0 Å². The quantitative estimate of drug-likeness (QED) is 0.501. The zero-order chi connectivity index (χ0) is 19.7. The Morgan fingerprint density at radius 1 is 0.929 bits per heavy atom. The maximum atomic E-state index is 11.8. The third-order valence-electron chi connectivity index (χ3n) is 4.06. The van der Waals surface area contributed by atoms with E-state index in [1.54, 1.807) is 42.5 Å². The van der Waals surface area contributed by atoms with Gasteiger partial charge >= 0.3 is 5.97 Å². The number of rotatable bonds is 5. The number of carboxylic acid groups (broad SMARTS) is 1. The van der Waals surface area contributed by atoms with Crippen LogP contribution in [-0.4, -0.2) is 26.1 Å². The largest absolute Gasteiger partial charge is 0.478 e. The number of ether oxygens (including phenoxy) is 1. The molecule has 1 N–H and O–H groups in total. The van der Waals surface area contributed by atoms with E-state index in [1.807, 2.05) is 24.3 Å². The molecule has 1 aromatic heterocycles. The van der Waals surface area contributed by atoms with Crippen molar-refractivity contribution in [1.29, 1.82) is 0 Å². The molecule has 0 radical (unpaired) electrons. The number of halogens is 2. The van der Waals surface area contributed by atoms with E-state index in [-0.39, 0.29) is 5.75 Å². The summed E-state index contributed by atoms with van der Waals surface area (Å²) in [6, 6.07) is 18.7. The lowest BCUT2D eigenvalue weighted by atomic mass is 10.1. The van der Waals surface area contributed by atoms with Gasteiger partial charge in [-0.25, -0.2) is 4.79 Å². The number of aliphatic carboxylic acids is 1. The highest BCUT2D eigenvalue weighted by molar-refractivity contribution is 6.31. The molecule has 6 nitrogen and oxygen atoms in total. The normalized spacial score (nSPS) is 12.1. The van der Waals surface area contributed by atoms with Gasteiger partial charge in [-0.15, -0.1) is 15.0 Å². The van der Waals surface area contributed by atoms with Crippen LogP contribution in [0.1, 0.15) is 11.7 Å². The molecule has 1 atom stereocenters. The third-order valence-corrected chi connectivity index (χ3v) is 4.55. The van der Waals surface area contributed by atoms with Crippen LogP contribution in [0.5, 0.6) is 5.75 Å². The summed E-state index contributed by atoms with van der Waals surface area (Å²) < 4.78 is 5.84. The zero-order valence-corrected chi connectivity index (χ0v) is 15.8. The molecule has 1 unspecified atom stereocenters. The van der Waals surface area contributed by atoms with E-state index in [0.29, 0.717) is 32.3 Å². The number of carbonyl (C=O) groups is 1. The summed E-state index contributed by atoms with van der Waals surface area (Å²) in [5.74, 6) is -0.853. The Morgan fingerprint density at radius 2 is 1.54 bits per heavy atom. The molecule has 0 aliphatic rings. The van der Waals surface area contributed by atoms with Gasteiger partial charge in [0.2, 0.25) is 6.10 Å². The molecule has 0 saturated carbocycles. The Labute approximate surface area is 169 Å². The molecule has 3 aromatic carbocycles. The topological polar surface area (TPSA) is 77.2 Å². The van der Waals surface area contributed by atoms with Crippen LogP contribution < -0.4 is 4.74 Å². The van der Waals surface area contributed by atoms with Crippen LogP contribution in [0.4, 0.5) is 0 Å². The van der Waals surface area contributed by atoms with E-state index in [1.165, 1.54) is 4.80 Å². The molecular weight excluding hydrogens is 401 g/mol. The van der Waals surface area contributed by atoms with Gasteiger partial charge in [0, 0.05) is 15.6 Å². The van der Waals surface area contributed by atoms with Crippen LogP contribution in [0.2, 0.25) is 10.0 Å². The summed E-state index contributed by atoms with van der Waals surface area (Å²) in [6.07, 6.45) is -1.23. The summed E-state index contributed by atoms with van der Waals surface area (Å²) >= 11 is 12.0. The highest BCUT2D eigenvalue weighted by Crippen LogP contribution is 2.31. The summed E-state index contributed by atoms with van der Waals surface area (Å²) in [5.41, 5.74) is 2.28. The van der Waals surface area contributed by atoms with Gasteiger partial charge in [-0.3, -0.25) is 0 Å². The van der Waals surface area contributed by atoms with Gasteiger partial charge in [0.15, 0.2) is 0 Å². The van der Waals surface area contributed by atoms with Gasteiger partial charge in [-0.1, -0.05) is 47.5 Å². The number of carboxylic acids is 1. The Bertz CT molecular complexity index is 1130. The van der Waals surface area contributed by atoms with Crippen LogP contribution in [0.25, 0.3) is 16.7 Å². The molecule has 0 aliphatic carbocycles. The number of hydrogen-bond donors (Lipinski definition) is 1. The lowest BCUT2D eigenvalue weighted by molar-refractivity contribution is -0.145. The maximum Gasteiger partial charge on any atom is 0.349 e. The second-order valence-electron chi connectivity index (χ2n) is 5.98. The predicted octanol–water partition coefficient (Wildman–Crippen LogP) is 4.93. The predicted molar refractivity (Wildman–Crippen MR) is 106 cm³/mol. The second-order valence-corrected chi connectivity index (χ2v) is 6.85. The lowest BCUT2D eigenvalue weighted by Gasteiger charge is -2.18. The smallest absolute Gasteiger partial charge is 0.349 e. The molecule has 0 saturated heterocycles. The van der Waals surface area contributed by atoms with Crippen molar-refractivity contribution in [3.8, 4) is 11.4 Å².